The van der Waals surface area contributed by atoms with Gasteiger partial charge in [0.1, 0.15) is 0 Å². The van der Waals surface area contributed by atoms with Crippen molar-refractivity contribution in [2.24, 2.45) is 11.3 Å². The third kappa shape index (κ3) is 3.25. The number of hydrogen-bond donors (Lipinski definition) is 2. The van der Waals surface area contributed by atoms with E-state index in [-0.39, 0.29) is 0 Å². The zero-order chi connectivity index (χ0) is 13.0. The van der Waals surface area contributed by atoms with Crippen LogP contribution in [0.3, 0.4) is 0 Å². The van der Waals surface area contributed by atoms with Crippen LogP contribution in [0.15, 0.2) is 0 Å². The van der Waals surface area contributed by atoms with Gasteiger partial charge in [0.05, 0.1) is 0 Å². The van der Waals surface area contributed by atoms with Crippen LogP contribution >= 0.6 is 0 Å². The molecular weight excluding hydrogens is 224 g/mol. The number of piperidine rings is 1. The molecule has 0 radical (unpaired) electrons. The van der Waals surface area contributed by atoms with Crippen molar-refractivity contribution in [3.05, 3.63) is 0 Å². The second-order valence-electron chi connectivity index (χ2n) is 6.27. The molecule has 0 bridgehead atoms. The van der Waals surface area contributed by atoms with Gasteiger partial charge in [0.2, 0.25) is 5.91 Å². The summed E-state index contributed by atoms with van der Waals surface area (Å²) in [6.07, 6.45) is 8.39. The molecule has 3 heteroatoms. The summed E-state index contributed by atoms with van der Waals surface area (Å²) in [7, 11) is 0. The van der Waals surface area contributed by atoms with Gasteiger partial charge in [0.15, 0.2) is 0 Å². The topological polar surface area (TPSA) is 41.1 Å². The van der Waals surface area contributed by atoms with Crippen LogP contribution in [0.25, 0.3) is 0 Å². The number of carbonyl (C=O) groups excluding carboxylic acids is 1. The van der Waals surface area contributed by atoms with Crippen molar-refractivity contribution in [1.29, 1.82) is 0 Å². The number of hydrogen-bond acceptors (Lipinski definition) is 2. The zero-order valence-electron chi connectivity index (χ0n) is 11.9. The van der Waals surface area contributed by atoms with E-state index in [1.165, 1.54) is 32.1 Å². The first-order valence-corrected chi connectivity index (χ1v) is 7.69. The average molecular weight is 252 g/mol. The molecule has 2 rings (SSSR count). The lowest BCUT2D eigenvalue weighted by molar-refractivity contribution is -0.123. The lowest BCUT2D eigenvalue weighted by atomic mass is 9.91. The van der Waals surface area contributed by atoms with E-state index in [0.717, 1.165) is 25.9 Å². The third-order valence-corrected chi connectivity index (χ3v) is 4.73. The molecule has 0 aromatic carbocycles. The smallest absolute Gasteiger partial charge is 0.223 e. The minimum atomic E-state index is 0.313. The Balaban J connectivity index is 1.69. The van der Waals surface area contributed by atoms with Gasteiger partial charge in [-0.3, -0.25) is 4.79 Å². The summed E-state index contributed by atoms with van der Waals surface area (Å²) in [6.45, 7) is 6.55. The molecule has 2 aliphatic rings. The third-order valence-electron chi connectivity index (χ3n) is 4.73. The molecule has 3 nitrogen and oxygen atoms in total. The van der Waals surface area contributed by atoms with Gasteiger partial charge in [-0.1, -0.05) is 26.2 Å². The largest absolute Gasteiger partial charge is 0.353 e. The van der Waals surface area contributed by atoms with Crippen molar-refractivity contribution in [1.82, 2.24) is 10.6 Å². The van der Waals surface area contributed by atoms with Crippen molar-refractivity contribution in [3.8, 4) is 0 Å². The van der Waals surface area contributed by atoms with E-state index in [1.807, 2.05) is 0 Å². The van der Waals surface area contributed by atoms with Gasteiger partial charge in [-0.15, -0.1) is 0 Å². The van der Waals surface area contributed by atoms with E-state index >= 15 is 0 Å². The van der Waals surface area contributed by atoms with E-state index in [9.17, 15) is 4.79 Å². The summed E-state index contributed by atoms with van der Waals surface area (Å²) in [5.74, 6) is 0.633. The minimum absolute atomic E-state index is 0.313. The average Bonchev–Trinajstić information content (AvgIpc) is 3.04. The highest BCUT2D eigenvalue weighted by Gasteiger charge is 2.57. The van der Waals surface area contributed by atoms with Crippen molar-refractivity contribution >= 4 is 5.91 Å². The van der Waals surface area contributed by atoms with Gasteiger partial charge in [-0.2, -0.15) is 0 Å². The number of rotatable bonds is 6. The van der Waals surface area contributed by atoms with Crippen LogP contribution in [0, 0.1) is 11.3 Å². The lowest BCUT2D eigenvalue weighted by Gasteiger charge is -2.23. The maximum Gasteiger partial charge on any atom is 0.223 e. The molecule has 1 aliphatic heterocycles. The molecule has 18 heavy (non-hydrogen) atoms. The first-order valence-electron chi connectivity index (χ1n) is 7.69. The number of nitrogens with one attached hydrogen (secondary N) is 2. The maximum absolute atomic E-state index is 12.2. The molecule has 1 heterocycles. The molecule has 1 amide bonds. The summed E-state index contributed by atoms with van der Waals surface area (Å²) in [6, 6.07) is 0.350. The van der Waals surface area contributed by atoms with E-state index < -0.39 is 0 Å². The van der Waals surface area contributed by atoms with Crippen molar-refractivity contribution in [2.75, 3.05) is 13.1 Å². The number of unbranched alkanes of at least 4 members (excludes halogenated alkanes) is 2. The standard InChI is InChI=1S/C15H28N2O/c1-3-4-5-6-12(2)17-14(18)13-11-15(13)7-9-16-10-8-15/h12-13,16H,3-11H2,1-2H3,(H,17,18). The quantitative estimate of drug-likeness (QED) is 0.713. The molecular formula is C15H28N2O. The second kappa shape index (κ2) is 6.05. The van der Waals surface area contributed by atoms with Crippen LogP contribution in [0.5, 0.6) is 0 Å². The molecule has 2 unspecified atom stereocenters. The van der Waals surface area contributed by atoms with E-state index in [2.05, 4.69) is 24.5 Å². The highest BCUT2D eigenvalue weighted by Crippen LogP contribution is 2.58. The normalized spacial score (nSPS) is 26.9. The molecule has 0 aromatic heterocycles. The summed E-state index contributed by atoms with van der Waals surface area (Å²) in [5, 5.41) is 6.60. The molecule has 0 aromatic rings. The Labute approximate surface area is 111 Å². The van der Waals surface area contributed by atoms with E-state index in [1.54, 1.807) is 0 Å². The van der Waals surface area contributed by atoms with Gasteiger partial charge in [0.25, 0.3) is 0 Å². The SMILES string of the molecule is CCCCCC(C)NC(=O)C1CC12CCNCC2. The fourth-order valence-corrected chi connectivity index (χ4v) is 3.31. The molecule has 1 saturated carbocycles. The summed E-state index contributed by atoms with van der Waals surface area (Å²) in [5.41, 5.74) is 0.373. The highest BCUT2D eigenvalue weighted by atomic mass is 16.2. The van der Waals surface area contributed by atoms with Crippen molar-refractivity contribution in [2.45, 2.75) is 64.8 Å². The Morgan fingerprint density at radius 1 is 1.39 bits per heavy atom. The monoisotopic (exact) mass is 252 g/mol. The van der Waals surface area contributed by atoms with Crippen molar-refractivity contribution in [3.63, 3.8) is 0 Å². The summed E-state index contributed by atoms with van der Waals surface area (Å²) >= 11 is 0. The van der Waals surface area contributed by atoms with E-state index in [4.69, 9.17) is 0 Å². The first kappa shape index (κ1) is 13.9. The highest BCUT2D eigenvalue weighted by molar-refractivity contribution is 5.82. The Kier molecular flexibility index (Phi) is 4.66. The van der Waals surface area contributed by atoms with Crippen LogP contribution in [-0.4, -0.2) is 25.0 Å². The summed E-state index contributed by atoms with van der Waals surface area (Å²) in [4.78, 5) is 12.2. The lowest BCUT2D eigenvalue weighted by Crippen LogP contribution is -2.37. The predicted octanol–water partition coefficient (Wildman–Crippen LogP) is 2.46. The van der Waals surface area contributed by atoms with E-state index in [0.29, 0.717) is 23.3 Å². The Morgan fingerprint density at radius 2 is 2.11 bits per heavy atom. The van der Waals surface area contributed by atoms with Gasteiger partial charge >= 0.3 is 0 Å². The van der Waals surface area contributed by atoms with Gasteiger partial charge in [0, 0.05) is 12.0 Å². The summed E-state index contributed by atoms with van der Waals surface area (Å²) < 4.78 is 0. The maximum atomic E-state index is 12.2. The van der Waals surface area contributed by atoms with Gasteiger partial charge in [-0.05, 0) is 51.1 Å². The molecule has 2 atom stereocenters. The number of carbonyl (C=O) groups is 1. The van der Waals surface area contributed by atoms with Crippen LogP contribution in [0.4, 0.5) is 0 Å². The molecule has 1 aliphatic carbocycles. The molecule has 104 valence electrons. The van der Waals surface area contributed by atoms with Crippen LogP contribution in [0.2, 0.25) is 0 Å². The zero-order valence-corrected chi connectivity index (χ0v) is 11.9. The van der Waals surface area contributed by atoms with Crippen LogP contribution in [0.1, 0.15) is 58.8 Å². The molecule has 1 saturated heterocycles. The fraction of sp³-hybridized carbons (Fsp3) is 0.933. The first-order chi connectivity index (χ1) is 8.68. The van der Waals surface area contributed by atoms with Gasteiger partial charge < -0.3 is 10.6 Å². The molecule has 2 N–H and O–H groups in total. The minimum Gasteiger partial charge on any atom is -0.353 e. The van der Waals surface area contributed by atoms with Crippen LogP contribution in [-0.2, 0) is 4.79 Å². The molecule has 1 spiro atoms. The molecule has 2 fully saturated rings. The number of amides is 1. The Hall–Kier alpha value is -0.570. The fourth-order valence-electron chi connectivity index (χ4n) is 3.31. The van der Waals surface area contributed by atoms with Gasteiger partial charge in [-0.25, -0.2) is 0 Å². The Bertz CT molecular complexity index is 284. The second-order valence-corrected chi connectivity index (χ2v) is 6.27. The predicted molar refractivity (Wildman–Crippen MR) is 74.4 cm³/mol. The van der Waals surface area contributed by atoms with Crippen LogP contribution < -0.4 is 10.6 Å². The van der Waals surface area contributed by atoms with Crippen molar-refractivity contribution < 1.29 is 4.79 Å². The Morgan fingerprint density at radius 3 is 2.78 bits per heavy atom.